The van der Waals surface area contributed by atoms with Crippen LogP contribution in [-0.2, 0) is 4.79 Å². The highest BCUT2D eigenvalue weighted by molar-refractivity contribution is 6.08. The Balaban J connectivity index is 0.000000532. The molecule has 0 radical (unpaired) electrons. The lowest BCUT2D eigenvalue weighted by atomic mass is 10.1. The summed E-state index contributed by atoms with van der Waals surface area (Å²) in [7, 11) is 0. The van der Waals surface area contributed by atoms with Gasteiger partial charge in [0, 0.05) is 44.3 Å². The summed E-state index contributed by atoms with van der Waals surface area (Å²) in [4.78, 5) is 46.0. The number of carboxylic acids is 2. The highest BCUT2D eigenvalue weighted by Crippen LogP contribution is 2.26. The number of amides is 1. The molecule has 1 aliphatic rings. The molecule has 0 bridgehead atoms. The summed E-state index contributed by atoms with van der Waals surface area (Å²) in [5.74, 6) is -4.63. The molecule has 0 saturated carbocycles. The summed E-state index contributed by atoms with van der Waals surface area (Å²) in [6.45, 7) is 2.89. The number of carbonyl (C=O) groups is 3. The summed E-state index contributed by atoms with van der Waals surface area (Å²) in [5, 5.41) is 19.3. The minimum absolute atomic E-state index is 0.0558. The fourth-order valence-electron chi connectivity index (χ4n) is 3.68. The van der Waals surface area contributed by atoms with E-state index < -0.39 is 29.8 Å². The first kappa shape index (κ1) is 28.8. The van der Waals surface area contributed by atoms with E-state index in [1.165, 1.54) is 24.3 Å². The molecule has 2 aromatic carbocycles. The Morgan fingerprint density at radius 2 is 1.46 bits per heavy atom. The smallest absolute Gasteiger partial charge is 0.478 e. The van der Waals surface area contributed by atoms with Gasteiger partial charge in [-0.3, -0.25) is 4.79 Å². The average Bonchev–Trinajstić information content (AvgIpc) is 3.16. The molecule has 3 N–H and O–H groups in total. The molecule has 1 aromatic heterocycles. The van der Waals surface area contributed by atoms with Crippen molar-refractivity contribution in [1.29, 1.82) is 0 Å². The molecular formula is C25H23F4N5O5. The van der Waals surface area contributed by atoms with Gasteiger partial charge in [0.25, 0.3) is 5.91 Å². The number of hydrogen-bond donors (Lipinski definition) is 3. The minimum Gasteiger partial charge on any atom is -0.478 e. The Morgan fingerprint density at radius 3 is 2.08 bits per heavy atom. The van der Waals surface area contributed by atoms with E-state index in [1.807, 2.05) is 0 Å². The number of anilines is 3. The average molecular weight is 549 g/mol. The van der Waals surface area contributed by atoms with Crippen molar-refractivity contribution in [1.82, 2.24) is 9.97 Å². The van der Waals surface area contributed by atoms with Crippen molar-refractivity contribution in [2.24, 2.45) is 0 Å². The van der Waals surface area contributed by atoms with Crippen LogP contribution < -0.4 is 15.1 Å². The molecule has 1 saturated heterocycles. The summed E-state index contributed by atoms with van der Waals surface area (Å²) < 4.78 is 45.6. The van der Waals surface area contributed by atoms with Crippen molar-refractivity contribution in [3.8, 4) is 0 Å². The third kappa shape index (κ3) is 7.87. The Morgan fingerprint density at radius 1 is 0.846 bits per heavy atom. The molecule has 10 nitrogen and oxygen atoms in total. The van der Waals surface area contributed by atoms with Crippen LogP contribution in [0.3, 0.4) is 0 Å². The van der Waals surface area contributed by atoms with Gasteiger partial charge in [-0.15, -0.1) is 0 Å². The first-order chi connectivity index (χ1) is 18.5. The lowest BCUT2D eigenvalue weighted by molar-refractivity contribution is -0.192. The van der Waals surface area contributed by atoms with Crippen molar-refractivity contribution in [3.63, 3.8) is 0 Å². The van der Waals surface area contributed by atoms with Crippen LogP contribution in [0.1, 0.15) is 27.1 Å². The zero-order valence-corrected chi connectivity index (χ0v) is 20.2. The SMILES string of the molecule is O=C(Nc1ccc(N2CCCN(c3ncccn3)CC2)cc1C(=O)O)c1ccccc1F.O=C(O)C(F)(F)F. The molecule has 2 heterocycles. The van der Waals surface area contributed by atoms with E-state index in [9.17, 15) is 32.3 Å². The van der Waals surface area contributed by atoms with E-state index in [-0.39, 0.29) is 16.8 Å². The molecule has 206 valence electrons. The van der Waals surface area contributed by atoms with Crippen LogP contribution in [0.25, 0.3) is 0 Å². The summed E-state index contributed by atoms with van der Waals surface area (Å²) >= 11 is 0. The summed E-state index contributed by atoms with van der Waals surface area (Å²) in [5.41, 5.74) is 0.647. The van der Waals surface area contributed by atoms with Gasteiger partial charge in [0.15, 0.2) is 0 Å². The lowest BCUT2D eigenvalue weighted by Gasteiger charge is -2.24. The molecule has 3 aromatic rings. The Labute approximate surface area is 219 Å². The topological polar surface area (TPSA) is 136 Å². The van der Waals surface area contributed by atoms with Gasteiger partial charge in [-0.1, -0.05) is 12.1 Å². The molecule has 1 fully saturated rings. The summed E-state index contributed by atoms with van der Waals surface area (Å²) in [6.07, 6.45) is -0.816. The molecule has 0 spiro atoms. The van der Waals surface area contributed by atoms with Crippen LogP contribution in [0.15, 0.2) is 60.9 Å². The molecule has 14 heteroatoms. The predicted octanol–water partition coefficient (Wildman–Crippen LogP) is 3.92. The second kappa shape index (κ2) is 12.7. The van der Waals surface area contributed by atoms with Crippen LogP contribution in [0.4, 0.5) is 34.9 Å². The van der Waals surface area contributed by atoms with Crippen LogP contribution in [0, 0.1) is 5.82 Å². The van der Waals surface area contributed by atoms with Crippen LogP contribution in [-0.4, -0.2) is 70.4 Å². The molecule has 0 atom stereocenters. The first-order valence-electron chi connectivity index (χ1n) is 11.5. The highest BCUT2D eigenvalue weighted by Gasteiger charge is 2.38. The van der Waals surface area contributed by atoms with Crippen molar-refractivity contribution < 1.29 is 42.2 Å². The van der Waals surface area contributed by atoms with E-state index in [0.29, 0.717) is 19.0 Å². The van der Waals surface area contributed by atoms with Gasteiger partial charge in [0.1, 0.15) is 5.82 Å². The van der Waals surface area contributed by atoms with Gasteiger partial charge in [0.05, 0.1) is 16.8 Å². The largest absolute Gasteiger partial charge is 0.490 e. The maximum absolute atomic E-state index is 13.9. The zero-order valence-electron chi connectivity index (χ0n) is 20.2. The number of rotatable bonds is 5. The Hall–Kier alpha value is -4.75. The fourth-order valence-corrected chi connectivity index (χ4v) is 3.68. The number of carbonyl (C=O) groups excluding carboxylic acids is 1. The van der Waals surface area contributed by atoms with Crippen LogP contribution >= 0.6 is 0 Å². The number of aromatic carboxylic acids is 1. The fraction of sp³-hybridized carbons (Fsp3) is 0.240. The van der Waals surface area contributed by atoms with Crippen molar-refractivity contribution in [2.45, 2.75) is 12.6 Å². The van der Waals surface area contributed by atoms with Gasteiger partial charge >= 0.3 is 18.1 Å². The zero-order chi connectivity index (χ0) is 28.6. The van der Waals surface area contributed by atoms with Crippen molar-refractivity contribution in [3.05, 3.63) is 77.9 Å². The molecule has 0 aliphatic carbocycles. The second-order valence-corrected chi connectivity index (χ2v) is 8.15. The monoisotopic (exact) mass is 549 g/mol. The molecule has 0 unspecified atom stereocenters. The number of hydrogen-bond acceptors (Lipinski definition) is 7. The number of carboxylic acid groups (broad SMARTS) is 2. The van der Waals surface area contributed by atoms with Crippen LogP contribution in [0.5, 0.6) is 0 Å². The molecule has 1 amide bonds. The maximum atomic E-state index is 13.9. The van der Waals surface area contributed by atoms with Gasteiger partial charge in [-0.25, -0.2) is 23.9 Å². The quantitative estimate of drug-likeness (QED) is 0.405. The van der Waals surface area contributed by atoms with E-state index in [2.05, 4.69) is 25.1 Å². The molecular weight excluding hydrogens is 526 g/mol. The van der Waals surface area contributed by atoms with E-state index in [0.717, 1.165) is 25.2 Å². The minimum atomic E-state index is -5.08. The molecule has 1 aliphatic heterocycles. The van der Waals surface area contributed by atoms with Gasteiger partial charge in [0.2, 0.25) is 5.95 Å². The number of nitrogens with one attached hydrogen (secondary N) is 1. The number of alkyl halides is 3. The van der Waals surface area contributed by atoms with E-state index >= 15 is 0 Å². The third-order valence-electron chi connectivity index (χ3n) is 5.54. The van der Waals surface area contributed by atoms with Crippen molar-refractivity contribution in [2.75, 3.05) is 41.3 Å². The van der Waals surface area contributed by atoms with Gasteiger partial charge < -0.3 is 25.3 Å². The predicted molar refractivity (Wildman–Crippen MR) is 133 cm³/mol. The number of halogens is 4. The first-order valence-corrected chi connectivity index (χ1v) is 11.5. The standard InChI is InChI=1S/C23H22FN5O3.C2HF3O2/c24-19-6-2-1-5-17(19)21(30)27-20-8-7-16(15-18(20)22(31)32)28-11-4-12-29(14-13-28)23-25-9-3-10-26-23;3-2(4,5)1(6)7/h1-3,5-10,15H,4,11-14H2,(H,27,30)(H,31,32);(H,6,7). The third-order valence-corrected chi connectivity index (χ3v) is 5.54. The second-order valence-electron chi connectivity index (χ2n) is 8.15. The molecule has 4 rings (SSSR count). The number of nitrogens with zero attached hydrogens (tertiary/aromatic N) is 4. The highest BCUT2D eigenvalue weighted by atomic mass is 19.4. The Bertz CT molecular complexity index is 1320. The van der Waals surface area contributed by atoms with Gasteiger partial charge in [-0.2, -0.15) is 13.2 Å². The number of aromatic nitrogens is 2. The van der Waals surface area contributed by atoms with Crippen LogP contribution in [0.2, 0.25) is 0 Å². The number of benzene rings is 2. The van der Waals surface area contributed by atoms with E-state index in [1.54, 1.807) is 36.7 Å². The number of aliphatic carboxylic acids is 1. The Kier molecular flexibility index (Phi) is 9.36. The lowest BCUT2D eigenvalue weighted by Crippen LogP contribution is -2.31. The molecule has 39 heavy (non-hydrogen) atoms. The van der Waals surface area contributed by atoms with Crippen molar-refractivity contribution >= 4 is 35.2 Å². The van der Waals surface area contributed by atoms with Gasteiger partial charge in [-0.05, 0) is 42.8 Å². The maximum Gasteiger partial charge on any atom is 0.490 e. The normalized spacial score (nSPS) is 13.5. The van der Waals surface area contributed by atoms with E-state index in [4.69, 9.17) is 9.90 Å². The summed E-state index contributed by atoms with van der Waals surface area (Å²) in [6, 6.07) is 12.2.